The van der Waals surface area contributed by atoms with Gasteiger partial charge in [0.15, 0.2) is 0 Å². The first-order valence-corrected chi connectivity index (χ1v) is 6.08. The molecule has 96 valence electrons. The standard InChI is InChI=1S/C14H24N2O/c1-5-7-12(13(15)6-2)10-16-8-9-17-14(3,4)11-16/h5-7H,1,8-11,15H2,2-4H3/b12-7-,13-6+. The SMILES string of the molecule is C=C/C=C(CN1CCOC(C)(C)C1)\C(N)=C/C. The molecule has 1 aliphatic rings. The summed E-state index contributed by atoms with van der Waals surface area (Å²) in [7, 11) is 0. The molecule has 0 radical (unpaired) electrons. The Kier molecular flexibility index (Phi) is 4.97. The van der Waals surface area contributed by atoms with Crippen molar-refractivity contribution in [2.24, 2.45) is 5.73 Å². The molecule has 0 bridgehead atoms. The van der Waals surface area contributed by atoms with Crippen LogP contribution >= 0.6 is 0 Å². The van der Waals surface area contributed by atoms with E-state index in [4.69, 9.17) is 10.5 Å². The molecule has 0 aromatic rings. The zero-order valence-electron chi connectivity index (χ0n) is 11.2. The first kappa shape index (κ1) is 14.0. The smallest absolute Gasteiger partial charge is 0.0753 e. The maximum Gasteiger partial charge on any atom is 0.0753 e. The molecule has 0 aromatic carbocycles. The zero-order chi connectivity index (χ0) is 12.9. The largest absolute Gasteiger partial charge is 0.399 e. The molecule has 2 N–H and O–H groups in total. The van der Waals surface area contributed by atoms with Crippen LogP contribution in [0.25, 0.3) is 0 Å². The monoisotopic (exact) mass is 236 g/mol. The van der Waals surface area contributed by atoms with Gasteiger partial charge in [-0.3, -0.25) is 4.90 Å². The minimum Gasteiger partial charge on any atom is -0.399 e. The number of hydrogen-bond donors (Lipinski definition) is 1. The van der Waals surface area contributed by atoms with Gasteiger partial charge in [0.05, 0.1) is 12.2 Å². The van der Waals surface area contributed by atoms with Crippen LogP contribution in [0.15, 0.2) is 36.1 Å². The first-order chi connectivity index (χ1) is 7.98. The molecule has 0 saturated carbocycles. The number of allylic oxidation sites excluding steroid dienone is 3. The van der Waals surface area contributed by atoms with Gasteiger partial charge in [-0.2, -0.15) is 0 Å². The second-order valence-electron chi connectivity index (χ2n) is 4.99. The van der Waals surface area contributed by atoms with Gasteiger partial charge in [-0.1, -0.05) is 24.8 Å². The summed E-state index contributed by atoms with van der Waals surface area (Å²) >= 11 is 0. The van der Waals surface area contributed by atoms with E-state index in [0.29, 0.717) is 0 Å². The van der Waals surface area contributed by atoms with Gasteiger partial charge in [0.25, 0.3) is 0 Å². The van der Waals surface area contributed by atoms with Crippen molar-refractivity contribution in [2.45, 2.75) is 26.4 Å². The summed E-state index contributed by atoms with van der Waals surface area (Å²) in [5, 5.41) is 0. The molecule has 0 amide bonds. The number of ether oxygens (including phenoxy) is 1. The molecule has 17 heavy (non-hydrogen) atoms. The molecule has 0 aromatic heterocycles. The number of nitrogens with zero attached hydrogens (tertiary/aromatic N) is 1. The van der Waals surface area contributed by atoms with Crippen LogP contribution in [0.1, 0.15) is 20.8 Å². The lowest BCUT2D eigenvalue weighted by atomic mass is 10.1. The lowest BCUT2D eigenvalue weighted by Gasteiger charge is -2.38. The number of nitrogens with two attached hydrogens (primary N) is 1. The van der Waals surface area contributed by atoms with E-state index in [2.05, 4.69) is 25.3 Å². The van der Waals surface area contributed by atoms with Crippen LogP contribution in [0.3, 0.4) is 0 Å². The molecule has 1 fully saturated rings. The number of hydrogen-bond acceptors (Lipinski definition) is 3. The summed E-state index contributed by atoms with van der Waals surface area (Å²) in [4.78, 5) is 2.37. The summed E-state index contributed by atoms with van der Waals surface area (Å²) in [5.41, 5.74) is 7.86. The average Bonchev–Trinajstić information content (AvgIpc) is 2.26. The number of morpholine rings is 1. The van der Waals surface area contributed by atoms with E-state index < -0.39 is 0 Å². The van der Waals surface area contributed by atoms with E-state index in [1.165, 1.54) is 0 Å². The lowest BCUT2D eigenvalue weighted by Crippen LogP contribution is -2.48. The molecule has 3 heteroatoms. The summed E-state index contributed by atoms with van der Waals surface area (Å²) in [6, 6.07) is 0. The Hall–Kier alpha value is -1.06. The van der Waals surface area contributed by atoms with Gasteiger partial charge in [-0.25, -0.2) is 0 Å². The van der Waals surface area contributed by atoms with E-state index in [1.807, 2.05) is 19.1 Å². The lowest BCUT2D eigenvalue weighted by molar-refractivity contribution is -0.0834. The minimum atomic E-state index is -0.0672. The van der Waals surface area contributed by atoms with Crippen LogP contribution in [0.2, 0.25) is 0 Å². The third kappa shape index (κ3) is 4.36. The highest BCUT2D eigenvalue weighted by molar-refractivity contribution is 5.32. The van der Waals surface area contributed by atoms with E-state index in [1.54, 1.807) is 6.08 Å². The molecule has 0 spiro atoms. The molecule has 0 atom stereocenters. The van der Waals surface area contributed by atoms with Crippen LogP contribution in [0.5, 0.6) is 0 Å². The predicted molar refractivity (Wildman–Crippen MR) is 72.7 cm³/mol. The normalized spacial score (nSPS) is 22.5. The van der Waals surface area contributed by atoms with Crippen molar-refractivity contribution >= 4 is 0 Å². The van der Waals surface area contributed by atoms with Gasteiger partial charge in [-0.05, 0) is 26.3 Å². The molecule has 0 unspecified atom stereocenters. The summed E-state index contributed by atoms with van der Waals surface area (Å²) in [6.07, 6.45) is 5.70. The van der Waals surface area contributed by atoms with Crippen LogP contribution in [-0.2, 0) is 4.74 Å². The third-order valence-electron chi connectivity index (χ3n) is 2.90. The van der Waals surface area contributed by atoms with Gasteiger partial charge in [0, 0.05) is 25.3 Å². The van der Waals surface area contributed by atoms with Gasteiger partial charge in [0.1, 0.15) is 0 Å². The van der Waals surface area contributed by atoms with Crippen LogP contribution < -0.4 is 5.73 Å². The van der Waals surface area contributed by atoms with Crippen molar-refractivity contribution in [3.8, 4) is 0 Å². The summed E-state index contributed by atoms with van der Waals surface area (Å²) in [5.74, 6) is 0. The van der Waals surface area contributed by atoms with Crippen molar-refractivity contribution in [1.29, 1.82) is 0 Å². The maximum atomic E-state index is 5.98. The molecular formula is C14H24N2O. The summed E-state index contributed by atoms with van der Waals surface area (Å²) in [6.45, 7) is 13.5. The fourth-order valence-corrected chi connectivity index (χ4v) is 2.06. The molecule has 1 rings (SSSR count). The highest BCUT2D eigenvalue weighted by Gasteiger charge is 2.27. The first-order valence-electron chi connectivity index (χ1n) is 6.08. The van der Waals surface area contributed by atoms with Gasteiger partial charge in [0.2, 0.25) is 0 Å². The molecule has 3 nitrogen and oxygen atoms in total. The minimum absolute atomic E-state index is 0.0672. The van der Waals surface area contributed by atoms with E-state index in [9.17, 15) is 0 Å². The topological polar surface area (TPSA) is 38.5 Å². The fourth-order valence-electron chi connectivity index (χ4n) is 2.06. The molecule has 1 heterocycles. The molecule has 1 aliphatic heterocycles. The Balaban J connectivity index is 2.68. The van der Waals surface area contributed by atoms with Crippen molar-refractivity contribution in [2.75, 3.05) is 26.2 Å². The van der Waals surface area contributed by atoms with E-state index in [0.717, 1.165) is 37.5 Å². The van der Waals surface area contributed by atoms with Gasteiger partial charge >= 0.3 is 0 Å². The van der Waals surface area contributed by atoms with Crippen molar-refractivity contribution in [3.05, 3.63) is 36.1 Å². The quantitative estimate of drug-likeness (QED) is 0.759. The van der Waals surface area contributed by atoms with Crippen LogP contribution in [0, 0.1) is 0 Å². The molecule has 0 aliphatic carbocycles. The zero-order valence-corrected chi connectivity index (χ0v) is 11.2. The Bertz CT molecular complexity index is 329. The summed E-state index contributed by atoms with van der Waals surface area (Å²) < 4.78 is 5.70. The third-order valence-corrected chi connectivity index (χ3v) is 2.90. The van der Waals surface area contributed by atoms with Gasteiger partial charge < -0.3 is 10.5 Å². The Labute approximate surface area is 105 Å². The van der Waals surface area contributed by atoms with Crippen molar-refractivity contribution < 1.29 is 4.74 Å². The predicted octanol–water partition coefficient (Wildman–Crippen LogP) is 2.07. The Morgan fingerprint density at radius 1 is 1.53 bits per heavy atom. The van der Waals surface area contributed by atoms with Gasteiger partial charge in [-0.15, -0.1) is 0 Å². The molecule has 1 saturated heterocycles. The molecular weight excluding hydrogens is 212 g/mol. The second-order valence-corrected chi connectivity index (χ2v) is 4.99. The van der Waals surface area contributed by atoms with Crippen molar-refractivity contribution in [1.82, 2.24) is 4.90 Å². The van der Waals surface area contributed by atoms with Crippen LogP contribution in [-0.4, -0.2) is 36.7 Å². The van der Waals surface area contributed by atoms with Crippen LogP contribution in [0.4, 0.5) is 0 Å². The Morgan fingerprint density at radius 2 is 2.24 bits per heavy atom. The van der Waals surface area contributed by atoms with E-state index >= 15 is 0 Å². The highest BCUT2D eigenvalue weighted by atomic mass is 16.5. The second kappa shape index (κ2) is 6.03. The average molecular weight is 236 g/mol. The Morgan fingerprint density at radius 3 is 2.76 bits per heavy atom. The number of rotatable bonds is 4. The maximum absolute atomic E-state index is 5.98. The van der Waals surface area contributed by atoms with Crippen molar-refractivity contribution in [3.63, 3.8) is 0 Å². The fraction of sp³-hybridized carbons (Fsp3) is 0.571. The van der Waals surface area contributed by atoms with E-state index in [-0.39, 0.29) is 5.60 Å². The highest BCUT2D eigenvalue weighted by Crippen LogP contribution is 2.18.